The molecule has 5 rings (SSSR count). The Morgan fingerprint density at radius 3 is 2.76 bits per heavy atom. The van der Waals surface area contributed by atoms with Crippen LogP contribution >= 0.6 is 11.6 Å². The molecule has 170 valence electrons. The number of nitrogens with one attached hydrogen (secondary N) is 1. The number of carbonyl (C=O) groups excluding carboxylic acids is 1. The molecule has 2 heterocycles. The molecule has 1 saturated heterocycles. The number of carbonyl (C=O) groups is 1. The van der Waals surface area contributed by atoms with Gasteiger partial charge in [-0.15, -0.1) is 0 Å². The minimum atomic E-state index is -0.0679. The number of nitrogens with zero attached hydrogens (tertiary/aromatic N) is 4. The number of likely N-dealkylation sites (tertiary alicyclic amines) is 1. The topological polar surface area (TPSA) is 62.6 Å². The maximum absolute atomic E-state index is 13.7. The van der Waals surface area contributed by atoms with Crippen LogP contribution in [0.25, 0.3) is 0 Å². The average molecular weight is 462 g/mol. The fourth-order valence-corrected chi connectivity index (χ4v) is 5.43. The van der Waals surface area contributed by atoms with Gasteiger partial charge in [0.25, 0.3) is 5.91 Å². The number of rotatable bonds is 6. The van der Waals surface area contributed by atoms with Gasteiger partial charge in [0.2, 0.25) is 0 Å². The fourth-order valence-electron chi connectivity index (χ4n) is 5.26. The Morgan fingerprint density at radius 1 is 1.24 bits per heavy atom. The van der Waals surface area contributed by atoms with Crippen molar-refractivity contribution >= 4 is 34.6 Å². The predicted octanol–water partition coefficient (Wildman–Crippen LogP) is 4.55. The Balaban J connectivity index is 1.35. The van der Waals surface area contributed by atoms with Gasteiger partial charge in [0.1, 0.15) is 6.04 Å². The van der Waals surface area contributed by atoms with Crippen LogP contribution < -0.4 is 15.1 Å². The van der Waals surface area contributed by atoms with Gasteiger partial charge < -0.3 is 20.0 Å². The summed E-state index contributed by atoms with van der Waals surface area (Å²) in [5, 5.41) is 13.5. The van der Waals surface area contributed by atoms with Gasteiger partial charge in [-0.1, -0.05) is 30.3 Å². The molecule has 0 radical (unpaired) electrons. The van der Waals surface area contributed by atoms with E-state index in [0.29, 0.717) is 35.6 Å². The number of anilines is 3. The second-order valence-electron chi connectivity index (χ2n) is 9.32. The zero-order chi connectivity index (χ0) is 23.3. The molecule has 4 atom stereocenters. The monoisotopic (exact) mass is 461 g/mol. The Bertz CT molecular complexity index is 1160. The van der Waals surface area contributed by atoms with Crippen molar-refractivity contribution in [2.45, 2.75) is 37.9 Å². The van der Waals surface area contributed by atoms with Crippen LogP contribution in [0.5, 0.6) is 0 Å². The number of nitriles is 1. The minimum Gasteiger partial charge on any atom is -0.355 e. The van der Waals surface area contributed by atoms with Gasteiger partial charge in [0.15, 0.2) is 0 Å². The second-order valence-corrected chi connectivity index (χ2v) is 9.76. The SMILES string of the molecule is C=C(CN[C@H](C)CN1C(=O)c2cc(Cl)ccc2N(C)c2ccccc21)N1C(C#N)C[C@@H]2CC21. The van der Waals surface area contributed by atoms with Gasteiger partial charge in [0.05, 0.1) is 28.7 Å². The van der Waals surface area contributed by atoms with Gasteiger partial charge in [-0.05, 0) is 56.0 Å². The first kappa shape index (κ1) is 21.8. The third-order valence-electron chi connectivity index (χ3n) is 7.06. The van der Waals surface area contributed by atoms with E-state index in [-0.39, 0.29) is 18.0 Å². The van der Waals surface area contributed by atoms with Crippen LogP contribution in [0.1, 0.15) is 30.1 Å². The van der Waals surface area contributed by atoms with Crippen LogP contribution in [0.2, 0.25) is 5.02 Å². The number of halogens is 1. The van der Waals surface area contributed by atoms with Crippen LogP contribution in [0.4, 0.5) is 17.1 Å². The Hall–Kier alpha value is -3.01. The molecule has 2 aliphatic heterocycles. The first-order chi connectivity index (χ1) is 15.9. The minimum absolute atomic E-state index is 0.0166. The van der Waals surface area contributed by atoms with E-state index >= 15 is 0 Å². The van der Waals surface area contributed by atoms with Gasteiger partial charge >= 0.3 is 0 Å². The van der Waals surface area contributed by atoms with Crippen LogP contribution in [-0.2, 0) is 0 Å². The molecule has 1 N–H and O–H groups in total. The van der Waals surface area contributed by atoms with Crippen LogP contribution in [0, 0.1) is 17.2 Å². The van der Waals surface area contributed by atoms with Gasteiger partial charge in [-0.2, -0.15) is 5.26 Å². The lowest BCUT2D eigenvalue weighted by Crippen LogP contribution is -2.44. The molecule has 1 saturated carbocycles. The molecule has 2 aromatic rings. The average Bonchev–Trinajstić information content (AvgIpc) is 3.50. The molecular formula is C26H28ClN5O. The number of fused-ring (bicyclic) bond motifs is 3. The van der Waals surface area contributed by atoms with Gasteiger partial charge in [0, 0.05) is 42.9 Å². The van der Waals surface area contributed by atoms with E-state index in [1.807, 2.05) is 53.2 Å². The van der Waals surface area contributed by atoms with E-state index in [1.165, 1.54) is 6.42 Å². The Labute approximate surface area is 200 Å². The van der Waals surface area contributed by atoms with Gasteiger partial charge in [-0.3, -0.25) is 4.79 Å². The molecule has 2 fully saturated rings. The zero-order valence-corrected chi connectivity index (χ0v) is 19.7. The summed E-state index contributed by atoms with van der Waals surface area (Å²) >= 11 is 6.25. The molecule has 1 amide bonds. The second kappa shape index (κ2) is 8.40. The summed E-state index contributed by atoms with van der Waals surface area (Å²) in [6, 6.07) is 16.3. The first-order valence-electron chi connectivity index (χ1n) is 11.4. The summed E-state index contributed by atoms with van der Waals surface area (Å²) in [6.07, 6.45) is 2.12. The Kier molecular flexibility index (Phi) is 5.55. The standard InChI is InChI=1S/C26H28ClN5O/c1-16(29-14-17(2)32-20(13-28)10-18-11-25(18)32)15-31-24-7-5-4-6-23(24)30(3)22-9-8-19(27)12-21(22)26(31)33/h4-9,12,16,18,20,25,29H,2,10-11,14-15H2,1,3H3/t16-,18-,20?,25?/m1/s1. The van der Waals surface area contributed by atoms with Crippen LogP contribution in [-0.4, -0.2) is 49.1 Å². The molecule has 1 aliphatic carbocycles. The molecule has 0 spiro atoms. The maximum Gasteiger partial charge on any atom is 0.260 e. The van der Waals surface area contributed by atoms with Crippen molar-refractivity contribution in [1.29, 1.82) is 5.26 Å². The van der Waals surface area contributed by atoms with Gasteiger partial charge in [-0.25, -0.2) is 0 Å². The van der Waals surface area contributed by atoms with Crippen LogP contribution in [0.3, 0.4) is 0 Å². The number of piperidine rings is 1. The highest BCUT2D eigenvalue weighted by Crippen LogP contribution is 2.49. The summed E-state index contributed by atoms with van der Waals surface area (Å²) in [7, 11) is 1.97. The van der Waals surface area contributed by atoms with Crippen molar-refractivity contribution in [3.05, 3.63) is 65.3 Å². The zero-order valence-electron chi connectivity index (χ0n) is 19.0. The van der Waals surface area contributed by atoms with E-state index in [4.69, 9.17) is 11.6 Å². The molecule has 0 aromatic heterocycles. The third-order valence-corrected chi connectivity index (χ3v) is 7.29. The maximum atomic E-state index is 13.7. The molecule has 3 aliphatic rings. The summed E-state index contributed by atoms with van der Waals surface area (Å²) in [6.45, 7) is 7.42. The molecular weight excluding hydrogens is 434 g/mol. The van der Waals surface area contributed by atoms with Crippen molar-refractivity contribution in [3.63, 3.8) is 0 Å². The molecule has 33 heavy (non-hydrogen) atoms. The van der Waals surface area contributed by atoms with Crippen molar-refractivity contribution in [3.8, 4) is 6.07 Å². The smallest absolute Gasteiger partial charge is 0.260 e. The van der Waals surface area contributed by atoms with Crippen molar-refractivity contribution in [1.82, 2.24) is 10.2 Å². The largest absolute Gasteiger partial charge is 0.355 e. The number of para-hydroxylation sites is 2. The predicted molar refractivity (Wildman–Crippen MR) is 132 cm³/mol. The fraction of sp³-hybridized carbons (Fsp3) is 0.385. The van der Waals surface area contributed by atoms with E-state index in [9.17, 15) is 10.1 Å². The lowest BCUT2D eigenvalue weighted by atomic mass is 10.1. The van der Waals surface area contributed by atoms with E-state index in [1.54, 1.807) is 6.07 Å². The third kappa shape index (κ3) is 3.86. The molecule has 7 heteroatoms. The summed E-state index contributed by atoms with van der Waals surface area (Å²) < 4.78 is 0. The number of hydrogen-bond acceptors (Lipinski definition) is 5. The van der Waals surface area contributed by atoms with Crippen molar-refractivity contribution in [2.24, 2.45) is 5.92 Å². The summed E-state index contributed by atoms with van der Waals surface area (Å²) in [5.74, 6) is 0.584. The molecule has 2 unspecified atom stereocenters. The number of amides is 1. The van der Waals surface area contributed by atoms with Crippen molar-refractivity contribution in [2.75, 3.05) is 29.9 Å². The normalized spacial score (nSPS) is 23.9. The highest BCUT2D eigenvalue weighted by molar-refractivity contribution is 6.31. The van der Waals surface area contributed by atoms with E-state index < -0.39 is 0 Å². The molecule has 0 bridgehead atoms. The quantitative estimate of drug-likeness (QED) is 0.684. The van der Waals surface area contributed by atoms with Crippen molar-refractivity contribution < 1.29 is 4.79 Å². The lowest BCUT2D eigenvalue weighted by molar-refractivity contribution is 0.0986. The van der Waals surface area contributed by atoms with E-state index in [0.717, 1.165) is 29.2 Å². The highest BCUT2D eigenvalue weighted by atomic mass is 35.5. The number of benzene rings is 2. The number of hydrogen-bond donors (Lipinski definition) is 1. The molecule has 2 aromatic carbocycles. The summed E-state index contributed by atoms with van der Waals surface area (Å²) in [4.78, 5) is 19.7. The van der Waals surface area contributed by atoms with Crippen LogP contribution in [0.15, 0.2) is 54.7 Å². The molecule has 6 nitrogen and oxygen atoms in total. The van der Waals surface area contributed by atoms with E-state index in [2.05, 4.69) is 29.8 Å². The lowest BCUT2D eigenvalue weighted by Gasteiger charge is -2.30. The summed E-state index contributed by atoms with van der Waals surface area (Å²) in [5.41, 5.74) is 4.22. The highest BCUT2D eigenvalue weighted by Gasteiger charge is 2.52. The first-order valence-corrected chi connectivity index (χ1v) is 11.8. The Morgan fingerprint density at radius 2 is 2.00 bits per heavy atom.